The van der Waals surface area contributed by atoms with E-state index in [2.05, 4.69) is 10.3 Å². The molecule has 116 valence electrons. The van der Waals surface area contributed by atoms with Crippen LogP contribution in [0.4, 0.5) is 13.2 Å². The van der Waals surface area contributed by atoms with Crippen molar-refractivity contribution in [1.82, 2.24) is 10.3 Å². The van der Waals surface area contributed by atoms with Crippen LogP contribution in [0.15, 0.2) is 18.3 Å². The van der Waals surface area contributed by atoms with Crippen LogP contribution in [0.3, 0.4) is 0 Å². The predicted octanol–water partition coefficient (Wildman–Crippen LogP) is 2.41. The number of pyridine rings is 1. The van der Waals surface area contributed by atoms with Crippen molar-refractivity contribution in [2.75, 3.05) is 6.54 Å². The Morgan fingerprint density at radius 2 is 2.00 bits per heavy atom. The van der Waals surface area contributed by atoms with E-state index >= 15 is 0 Å². The fourth-order valence-corrected chi connectivity index (χ4v) is 1.21. The maximum Gasteiger partial charge on any atom is 0.433 e. The van der Waals surface area contributed by atoms with E-state index in [9.17, 15) is 18.0 Å². The zero-order valence-electron chi connectivity index (χ0n) is 10.6. The molecule has 1 aromatic heterocycles. The van der Waals surface area contributed by atoms with Gasteiger partial charge in [-0.2, -0.15) is 13.2 Å². The van der Waals surface area contributed by atoms with Crippen molar-refractivity contribution < 1.29 is 18.0 Å². The molecule has 9 heteroatoms. The zero-order chi connectivity index (χ0) is 13.8. The minimum Gasteiger partial charge on any atom is -0.352 e. The summed E-state index contributed by atoms with van der Waals surface area (Å²) in [5.41, 5.74) is 4.57. The molecule has 3 N–H and O–H groups in total. The number of hydrogen-bond donors (Lipinski definition) is 2. The summed E-state index contributed by atoms with van der Waals surface area (Å²) in [7, 11) is 0. The number of hydrogen-bond acceptors (Lipinski definition) is 3. The number of carbonyl (C=O) groups excluding carboxylic acids is 1. The van der Waals surface area contributed by atoms with Crippen molar-refractivity contribution in [3.63, 3.8) is 0 Å². The molecule has 0 saturated heterocycles. The van der Waals surface area contributed by atoms with E-state index in [-0.39, 0.29) is 36.4 Å². The van der Waals surface area contributed by atoms with Gasteiger partial charge in [0.2, 0.25) is 0 Å². The van der Waals surface area contributed by atoms with Crippen LogP contribution in [0.5, 0.6) is 0 Å². The molecule has 1 heterocycles. The fraction of sp³-hybridized carbons (Fsp3) is 0.455. The smallest absolute Gasteiger partial charge is 0.352 e. The molecule has 0 spiro atoms. The molecule has 1 unspecified atom stereocenters. The fourth-order valence-electron chi connectivity index (χ4n) is 1.21. The van der Waals surface area contributed by atoms with Gasteiger partial charge in [0.15, 0.2) is 0 Å². The van der Waals surface area contributed by atoms with Gasteiger partial charge in [-0.25, -0.2) is 0 Å². The second-order valence-electron chi connectivity index (χ2n) is 3.95. The summed E-state index contributed by atoms with van der Waals surface area (Å²) >= 11 is 0. The van der Waals surface area contributed by atoms with E-state index in [1.165, 1.54) is 0 Å². The van der Waals surface area contributed by atoms with Crippen molar-refractivity contribution >= 4 is 30.7 Å². The average molecular weight is 334 g/mol. The van der Waals surface area contributed by atoms with Crippen LogP contribution in [0.1, 0.15) is 29.4 Å². The molecule has 0 saturated carbocycles. The number of carbonyl (C=O) groups is 1. The normalized spacial score (nSPS) is 11.8. The lowest BCUT2D eigenvalue weighted by atomic mass is 10.2. The molecule has 0 radical (unpaired) electrons. The van der Waals surface area contributed by atoms with Gasteiger partial charge in [-0.05, 0) is 25.5 Å². The number of nitrogens with zero attached hydrogens (tertiary/aromatic N) is 1. The molecular formula is C11H16Cl2F3N3O. The number of alkyl halides is 3. The lowest BCUT2D eigenvalue weighted by Gasteiger charge is -2.08. The minimum atomic E-state index is -4.50. The summed E-state index contributed by atoms with van der Waals surface area (Å²) in [5.74, 6) is -0.461. The van der Waals surface area contributed by atoms with E-state index in [0.717, 1.165) is 18.3 Å². The molecule has 0 bridgehead atoms. The number of amides is 1. The van der Waals surface area contributed by atoms with Gasteiger partial charge in [0.05, 0.1) is 5.56 Å². The summed E-state index contributed by atoms with van der Waals surface area (Å²) in [4.78, 5) is 14.7. The third kappa shape index (κ3) is 6.93. The Labute approximate surface area is 127 Å². The molecule has 1 atom stereocenters. The van der Waals surface area contributed by atoms with Crippen molar-refractivity contribution in [2.24, 2.45) is 5.73 Å². The lowest BCUT2D eigenvalue weighted by molar-refractivity contribution is -0.141. The van der Waals surface area contributed by atoms with Gasteiger partial charge in [0.25, 0.3) is 5.91 Å². The second-order valence-corrected chi connectivity index (χ2v) is 3.95. The van der Waals surface area contributed by atoms with Gasteiger partial charge in [0, 0.05) is 18.8 Å². The monoisotopic (exact) mass is 333 g/mol. The van der Waals surface area contributed by atoms with Crippen LogP contribution in [0.25, 0.3) is 0 Å². The number of aromatic nitrogens is 1. The Bertz CT molecular complexity index is 410. The molecule has 0 aliphatic heterocycles. The summed E-state index contributed by atoms with van der Waals surface area (Å²) in [6.07, 6.45) is -2.99. The third-order valence-corrected chi connectivity index (χ3v) is 2.20. The molecule has 0 aliphatic carbocycles. The van der Waals surface area contributed by atoms with Crippen LogP contribution in [0.2, 0.25) is 0 Å². The maximum absolute atomic E-state index is 12.2. The molecular weight excluding hydrogens is 318 g/mol. The first kappa shape index (κ1) is 21.3. The predicted molar refractivity (Wildman–Crippen MR) is 74.3 cm³/mol. The molecule has 0 fully saturated rings. The number of nitrogens with one attached hydrogen (secondary N) is 1. The van der Waals surface area contributed by atoms with Crippen molar-refractivity contribution in [2.45, 2.75) is 25.6 Å². The van der Waals surface area contributed by atoms with Gasteiger partial charge < -0.3 is 11.1 Å². The topological polar surface area (TPSA) is 68.0 Å². The van der Waals surface area contributed by atoms with E-state index in [4.69, 9.17) is 5.73 Å². The number of halogens is 5. The van der Waals surface area contributed by atoms with Crippen molar-refractivity contribution in [1.29, 1.82) is 0 Å². The van der Waals surface area contributed by atoms with Crippen LogP contribution < -0.4 is 11.1 Å². The molecule has 1 amide bonds. The summed E-state index contributed by atoms with van der Waals surface area (Å²) in [6.45, 7) is 2.17. The van der Waals surface area contributed by atoms with Gasteiger partial charge in [-0.1, -0.05) is 0 Å². The quantitative estimate of drug-likeness (QED) is 0.889. The Morgan fingerprint density at radius 1 is 1.40 bits per heavy atom. The highest BCUT2D eigenvalue weighted by Crippen LogP contribution is 2.27. The van der Waals surface area contributed by atoms with Gasteiger partial charge >= 0.3 is 6.18 Å². The van der Waals surface area contributed by atoms with Crippen LogP contribution in [-0.4, -0.2) is 23.5 Å². The van der Waals surface area contributed by atoms with Crippen LogP contribution >= 0.6 is 24.8 Å². The number of nitrogens with two attached hydrogens (primary N) is 1. The van der Waals surface area contributed by atoms with Gasteiger partial charge in [-0.15, -0.1) is 24.8 Å². The number of rotatable bonds is 4. The van der Waals surface area contributed by atoms with E-state index in [1.54, 1.807) is 6.92 Å². The zero-order valence-corrected chi connectivity index (χ0v) is 12.2. The Kier molecular flexibility index (Phi) is 9.55. The molecule has 20 heavy (non-hydrogen) atoms. The largest absolute Gasteiger partial charge is 0.433 e. The minimum absolute atomic E-state index is 0. The van der Waals surface area contributed by atoms with E-state index in [0.29, 0.717) is 13.0 Å². The SMILES string of the molecule is CC(N)CCNC(=O)c1ccc(C(F)(F)F)nc1.Cl.Cl. The molecule has 0 aromatic carbocycles. The Balaban J connectivity index is 0. The standard InChI is InChI=1S/C11H14F3N3O.2ClH/c1-7(15)4-5-16-10(18)8-2-3-9(17-6-8)11(12,13)14;;/h2-3,6-7H,4-5,15H2,1H3,(H,16,18);2*1H. The highest BCUT2D eigenvalue weighted by Gasteiger charge is 2.32. The Morgan fingerprint density at radius 3 is 2.40 bits per heavy atom. The highest BCUT2D eigenvalue weighted by atomic mass is 35.5. The second kappa shape index (κ2) is 8.99. The first-order valence-electron chi connectivity index (χ1n) is 5.37. The van der Waals surface area contributed by atoms with Gasteiger partial charge in [-0.3, -0.25) is 9.78 Å². The average Bonchev–Trinajstić information content (AvgIpc) is 2.27. The summed E-state index contributed by atoms with van der Waals surface area (Å²) in [6, 6.07) is 1.83. The molecule has 4 nitrogen and oxygen atoms in total. The van der Waals surface area contributed by atoms with Crippen LogP contribution in [0, 0.1) is 0 Å². The first-order chi connectivity index (χ1) is 8.30. The molecule has 1 aromatic rings. The highest BCUT2D eigenvalue weighted by molar-refractivity contribution is 5.93. The van der Waals surface area contributed by atoms with Crippen molar-refractivity contribution in [3.8, 4) is 0 Å². The summed E-state index contributed by atoms with van der Waals surface area (Å²) < 4.78 is 36.7. The van der Waals surface area contributed by atoms with E-state index < -0.39 is 17.8 Å². The molecule has 1 rings (SSSR count). The lowest BCUT2D eigenvalue weighted by Crippen LogP contribution is -2.29. The van der Waals surface area contributed by atoms with Crippen molar-refractivity contribution in [3.05, 3.63) is 29.6 Å². The maximum atomic E-state index is 12.2. The van der Waals surface area contributed by atoms with Crippen LogP contribution in [-0.2, 0) is 6.18 Å². The molecule has 0 aliphatic rings. The summed E-state index contributed by atoms with van der Waals surface area (Å²) in [5, 5.41) is 2.55. The van der Waals surface area contributed by atoms with Gasteiger partial charge in [0.1, 0.15) is 5.69 Å². The first-order valence-corrected chi connectivity index (χ1v) is 5.37. The third-order valence-electron chi connectivity index (χ3n) is 2.20. The Hall–Kier alpha value is -1.05. The van der Waals surface area contributed by atoms with E-state index in [1.807, 2.05) is 0 Å².